The van der Waals surface area contributed by atoms with Gasteiger partial charge in [0.15, 0.2) is 0 Å². The minimum atomic E-state index is -0.831. The Hall–Kier alpha value is -13.4. The van der Waals surface area contributed by atoms with Crippen LogP contribution in [0, 0.1) is 59.2 Å². The standard InChI is InChI=1S/C113H144N8O20/c1-14-21-26-31-36-43-60-136-109(128)97-76-102(114-81(8)122)91(55-50-86-48-41-42-49-96(86)108(127)141-70-69-135-68-67-134-66-65-133-13)71-87(97)51-56-92-72-88(98(77-103(92)115-82(9)123)110(129)137-61-44-37-32-27-22-15-2)52-57-93-73-89(99(78-104(93)116-83(10)124)111(130)138-62-45-38-33-28-23-16-3)53-58-94-74-90(100(79-105(94)117-84(11)125)112(131)139-63-46-39-34-29-24-17-4)54-59-95-75-107(119-120-121(19-6)20-7)101(80-106(95)118-85(12)126)113(132)140-64-47-40-35-30-25-18-5/h41-42,48-49,71-80H,14-40,43-47,60-70H2,1-13H3,(H,114,122)(H,115,123)(H,116,124)(H,117,125)(H,118,126). The Bertz CT molecular complexity index is 5540. The fourth-order valence-corrected chi connectivity index (χ4v) is 14.6. The van der Waals surface area contributed by atoms with E-state index >= 15 is 0 Å². The molecule has 0 aliphatic carbocycles. The van der Waals surface area contributed by atoms with Crippen molar-refractivity contribution in [2.75, 3.05) is 119 Å². The van der Waals surface area contributed by atoms with Crippen molar-refractivity contribution in [2.45, 2.75) is 276 Å². The van der Waals surface area contributed by atoms with E-state index in [1.54, 1.807) is 36.4 Å². The Morgan fingerprint density at radius 1 is 0.255 bits per heavy atom. The molecule has 0 atom stereocenters. The zero-order chi connectivity index (χ0) is 102. The van der Waals surface area contributed by atoms with Gasteiger partial charge in [-0.25, -0.2) is 28.8 Å². The molecule has 756 valence electrons. The topological polar surface area (TPSA) is 359 Å². The summed E-state index contributed by atoms with van der Waals surface area (Å²) in [5.74, 6) is 23.9. The molecule has 5 amide bonds. The van der Waals surface area contributed by atoms with Crippen molar-refractivity contribution in [3.8, 4) is 59.2 Å². The molecule has 0 saturated heterocycles. The van der Waals surface area contributed by atoms with Gasteiger partial charge in [-0.3, -0.25) is 29.0 Å². The van der Waals surface area contributed by atoms with Crippen LogP contribution in [-0.4, -0.2) is 163 Å². The third-order valence-corrected chi connectivity index (χ3v) is 22.2. The first kappa shape index (κ1) is 116. The zero-order valence-electron chi connectivity index (χ0n) is 85.0. The first-order valence-electron chi connectivity index (χ1n) is 50.1. The summed E-state index contributed by atoms with van der Waals surface area (Å²) in [6.45, 7) is 23.4. The quantitative estimate of drug-likeness (QED) is 0.00591. The van der Waals surface area contributed by atoms with Gasteiger partial charge in [0.2, 0.25) is 29.5 Å². The van der Waals surface area contributed by atoms with Crippen molar-refractivity contribution in [1.29, 1.82) is 0 Å². The summed E-state index contributed by atoms with van der Waals surface area (Å²) in [5, 5.41) is 24.7. The lowest BCUT2D eigenvalue weighted by atomic mass is 9.98. The predicted molar refractivity (Wildman–Crippen MR) is 550 cm³/mol. The van der Waals surface area contributed by atoms with Crippen LogP contribution >= 0.6 is 0 Å². The molecule has 6 aromatic carbocycles. The number of benzene rings is 6. The summed E-state index contributed by atoms with van der Waals surface area (Å²) in [4.78, 5) is 154. The largest absolute Gasteiger partial charge is 0.462 e. The number of nitrogens with zero attached hydrogens (tertiary/aromatic N) is 3. The maximum Gasteiger partial charge on any atom is 0.340 e. The predicted octanol–water partition coefficient (Wildman–Crippen LogP) is 22.2. The molecule has 0 radical (unpaired) electrons. The number of ether oxygens (including phenoxy) is 9. The molecule has 6 aromatic rings. The van der Waals surface area contributed by atoms with Crippen molar-refractivity contribution in [2.24, 2.45) is 10.3 Å². The number of amides is 5. The summed E-state index contributed by atoms with van der Waals surface area (Å²) in [7, 11) is 1.58. The molecule has 0 saturated carbocycles. The van der Waals surface area contributed by atoms with Crippen LogP contribution in [-0.2, 0) is 66.6 Å². The molecule has 28 nitrogen and oxygen atoms in total. The van der Waals surface area contributed by atoms with E-state index in [4.69, 9.17) is 42.6 Å². The van der Waals surface area contributed by atoms with E-state index in [9.17, 15) is 52.7 Å². The molecule has 0 unspecified atom stereocenters. The molecule has 28 heteroatoms. The molecule has 0 spiro atoms. The van der Waals surface area contributed by atoms with Crippen LogP contribution in [0.3, 0.4) is 0 Å². The molecule has 5 N–H and O–H groups in total. The number of esters is 6. The van der Waals surface area contributed by atoms with Gasteiger partial charge < -0.3 is 69.2 Å². The first-order valence-corrected chi connectivity index (χ1v) is 50.1. The summed E-state index contributed by atoms with van der Waals surface area (Å²) in [6.07, 6.45) is 27.0. The van der Waals surface area contributed by atoms with E-state index in [1.807, 2.05) is 13.8 Å². The summed E-state index contributed by atoms with van der Waals surface area (Å²) in [5.41, 5.74) is 0.723. The van der Waals surface area contributed by atoms with E-state index in [1.165, 1.54) is 95.3 Å². The second-order valence-electron chi connectivity index (χ2n) is 34.1. The van der Waals surface area contributed by atoms with Crippen LogP contribution in [0.15, 0.2) is 95.3 Å². The monoisotopic (exact) mass is 1930 g/mol. The number of nitrogens with one attached hydrogen (secondary N) is 5. The minimum absolute atomic E-state index is 0.00111. The number of carbonyl (C=O) groups excluding carboxylic acids is 11. The molecular weight excluding hydrogens is 1790 g/mol. The second-order valence-corrected chi connectivity index (χ2v) is 34.1. The lowest BCUT2D eigenvalue weighted by Crippen LogP contribution is -2.15. The first-order chi connectivity index (χ1) is 68.3. The number of rotatable bonds is 59. The number of hydrogen-bond acceptors (Lipinski definition) is 22. The lowest BCUT2D eigenvalue weighted by molar-refractivity contribution is -0.115. The Labute approximate surface area is 834 Å². The van der Waals surface area contributed by atoms with Gasteiger partial charge in [0.25, 0.3) is 0 Å². The van der Waals surface area contributed by atoms with Gasteiger partial charge in [0.05, 0.1) is 133 Å². The Morgan fingerprint density at radius 3 is 0.780 bits per heavy atom. The number of methoxy groups -OCH3 is 1. The lowest BCUT2D eigenvalue weighted by Gasteiger charge is -2.14. The van der Waals surface area contributed by atoms with Crippen LogP contribution in [0.5, 0.6) is 0 Å². The van der Waals surface area contributed by atoms with Gasteiger partial charge in [-0.2, -0.15) is 0 Å². The average molecular weight is 1930 g/mol. The van der Waals surface area contributed by atoms with Crippen LogP contribution < -0.4 is 26.6 Å². The Balaban J connectivity index is 1.70. The molecule has 0 aromatic heterocycles. The highest BCUT2D eigenvalue weighted by Gasteiger charge is 2.26. The highest BCUT2D eigenvalue weighted by Crippen LogP contribution is 2.33. The van der Waals surface area contributed by atoms with Gasteiger partial charge in [-0.1, -0.05) is 272 Å². The van der Waals surface area contributed by atoms with Crippen LogP contribution in [0.4, 0.5) is 34.1 Å². The molecule has 0 heterocycles. The number of carbonyl (C=O) groups is 11. The summed E-state index contributed by atoms with van der Waals surface area (Å²) in [6, 6.07) is 20.8. The highest BCUT2D eigenvalue weighted by molar-refractivity contribution is 6.03. The van der Waals surface area contributed by atoms with Crippen molar-refractivity contribution < 1.29 is 95.4 Å². The smallest absolute Gasteiger partial charge is 0.340 e. The molecule has 0 aliphatic rings. The van der Waals surface area contributed by atoms with E-state index in [2.05, 4.69) is 131 Å². The van der Waals surface area contributed by atoms with E-state index in [0.29, 0.717) is 65.0 Å². The molecular formula is C113H144N8O20. The van der Waals surface area contributed by atoms with Crippen molar-refractivity contribution in [3.05, 3.63) is 174 Å². The minimum Gasteiger partial charge on any atom is -0.462 e. The van der Waals surface area contributed by atoms with Gasteiger partial charge >= 0.3 is 35.8 Å². The Kier molecular flexibility index (Phi) is 55.9. The number of hydrogen-bond donors (Lipinski definition) is 5. The third kappa shape index (κ3) is 43.9. The maximum absolute atomic E-state index is 14.9. The normalized spacial score (nSPS) is 10.6. The maximum atomic E-state index is 14.9. The summed E-state index contributed by atoms with van der Waals surface area (Å²) < 4.78 is 51.5. The fourth-order valence-electron chi connectivity index (χ4n) is 14.6. The number of anilines is 5. The van der Waals surface area contributed by atoms with Crippen molar-refractivity contribution in [1.82, 2.24) is 5.01 Å². The second kappa shape index (κ2) is 67.8. The molecule has 6 rings (SSSR count). The van der Waals surface area contributed by atoms with Gasteiger partial charge in [0, 0.05) is 105 Å². The van der Waals surface area contributed by atoms with E-state index in [0.717, 1.165) is 161 Å². The average Bonchev–Trinajstić information content (AvgIpc) is 0.797. The molecule has 141 heavy (non-hydrogen) atoms. The molecule has 0 bridgehead atoms. The third-order valence-electron chi connectivity index (χ3n) is 22.2. The zero-order valence-corrected chi connectivity index (χ0v) is 85.0. The van der Waals surface area contributed by atoms with Gasteiger partial charge in [-0.15, -0.1) is 5.11 Å². The van der Waals surface area contributed by atoms with E-state index in [-0.39, 0.29) is 176 Å². The van der Waals surface area contributed by atoms with Gasteiger partial charge in [-0.05, 0) is 119 Å². The fraction of sp³-hybridized carbons (Fsp3) is 0.496. The molecule has 0 aliphatic heterocycles. The van der Waals surface area contributed by atoms with Crippen LogP contribution in [0.1, 0.15) is 393 Å². The Morgan fingerprint density at radius 2 is 0.489 bits per heavy atom. The highest BCUT2D eigenvalue weighted by atomic mass is 16.6. The summed E-state index contributed by atoms with van der Waals surface area (Å²) >= 11 is 0. The van der Waals surface area contributed by atoms with E-state index < -0.39 is 65.4 Å². The van der Waals surface area contributed by atoms with Crippen molar-refractivity contribution >= 4 is 99.5 Å². The van der Waals surface area contributed by atoms with Gasteiger partial charge in [0.1, 0.15) is 12.3 Å². The number of unbranched alkanes of at least 4 members (excludes halogenated alkanes) is 25. The van der Waals surface area contributed by atoms with Crippen LogP contribution in [0.25, 0.3) is 0 Å². The molecule has 0 fully saturated rings. The van der Waals surface area contributed by atoms with Crippen molar-refractivity contribution in [3.63, 3.8) is 0 Å². The SMILES string of the molecule is CCCCCCCCOC(=O)c1cc(NC(C)=O)c(C#Cc2cc(C#Cc3ccccc3C(=O)OCCOCCOCCOC)c(NC(C)=O)cc2C(=O)OCCCCCCCC)cc1C#Cc1cc(C#Cc2cc(C#Cc3cc(N=NN(CC)CC)c(C(=O)OCCCCCCCC)cc3NC(C)=O)c(C(=O)OCCCCCCCC)cc2NC(C)=O)c(C(=O)OCCCCCCCC)cc1NC(C)=O. The van der Waals surface area contributed by atoms with Crippen LogP contribution in [0.2, 0.25) is 0 Å².